The van der Waals surface area contributed by atoms with Gasteiger partial charge in [0.15, 0.2) is 0 Å². The van der Waals surface area contributed by atoms with E-state index in [4.69, 9.17) is 11.6 Å². The molecule has 0 radical (unpaired) electrons. The molecule has 0 spiro atoms. The van der Waals surface area contributed by atoms with Gasteiger partial charge in [-0.1, -0.05) is 255 Å². The van der Waals surface area contributed by atoms with Crippen LogP contribution in [0.25, 0.3) is 75.8 Å². The van der Waals surface area contributed by atoms with Crippen molar-refractivity contribution in [2.24, 2.45) is 0 Å². The van der Waals surface area contributed by atoms with Crippen LogP contribution in [0.15, 0.2) is 218 Å². The van der Waals surface area contributed by atoms with Gasteiger partial charge in [-0.25, -0.2) is 0 Å². The molecule has 0 aliphatic rings. The quantitative estimate of drug-likeness (QED) is 0.133. The van der Waals surface area contributed by atoms with E-state index in [-0.39, 0.29) is 27.1 Å². The molecule has 11 aromatic carbocycles. The van der Waals surface area contributed by atoms with Gasteiger partial charge in [0.05, 0.1) is 27.8 Å². The average Bonchev–Trinajstić information content (AvgIpc) is 1.10. The number of thiophene rings is 1. The Hall–Kier alpha value is -7.95. The fourth-order valence-electron chi connectivity index (χ4n) is 12.3. The SMILES string of the molecule is CC(C)(C)c1ccc(-c2cc(-c3ccc(C(C)(C)C)cc3)cc(N(c3cccc(N(c4ccc(C(C)(C)C)cc4)c4ccc(C(C)(C)C)cc4-c4ccc5c6ccccc6c6ccccc6c5c4)c3Cl)c3csc4ccc(C(C)(C)C)cc34)c2)cc1. The first kappa shape index (κ1) is 58.4. The zero-order chi connectivity index (χ0) is 60.8. The Morgan fingerprint density at radius 2 is 0.686 bits per heavy atom. The number of halogens is 1. The minimum atomic E-state index is -0.128. The van der Waals surface area contributed by atoms with Gasteiger partial charge in [-0.3, -0.25) is 0 Å². The highest BCUT2D eigenvalue weighted by Gasteiger charge is 2.29. The van der Waals surface area contributed by atoms with Gasteiger partial charge < -0.3 is 9.80 Å². The molecule has 0 unspecified atom stereocenters. The monoisotopic (exact) mass is 1160 g/mol. The van der Waals surface area contributed by atoms with E-state index in [2.05, 4.69) is 331 Å². The van der Waals surface area contributed by atoms with E-state index < -0.39 is 0 Å². The molecule has 0 N–H and O–H groups in total. The summed E-state index contributed by atoms with van der Waals surface area (Å²) in [7, 11) is 0. The fraction of sp³-hybridized carbons (Fsp3) is 0.244. The molecule has 1 aromatic heterocycles. The smallest absolute Gasteiger partial charge is 0.0887 e. The van der Waals surface area contributed by atoms with Crippen LogP contribution in [0, 0.1) is 0 Å². The maximum atomic E-state index is 8.48. The van der Waals surface area contributed by atoms with Gasteiger partial charge in [0.1, 0.15) is 0 Å². The summed E-state index contributed by atoms with van der Waals surface area (Å²) in [5, 5.41) is 11.7. The van der Waals surface area contributed by atoms with Crippen LogP contribution in [0.2, 0.25) is 5.02 Å². The third-order valence-electron chi connectivity index (χ3n) is 17.6. The standard InChI is InChI=1S/C82H81ClN2S/c1-78(2,3)57-32-27-52(28-33-57)55-45-56(53-29-34-58(35-30-53)79(4,5)6)47-63(46-55)85(75-51-86-76-44-39-61(50-71(75)76)82(13,14)15)74-26-20-25-73(77(74)83)84(62-40-36-59(37-41-62)80(7,8)9)72-43-38-60(81(10,11)12)49-69(72)54-31-42-68-66-23-17-16-21-64(66)65-22-18-19-24-67(65)70(68)48-54/h16-51H,1-15H3. The number of anilines is 6. The van der Waals surface area contributed by atoms with Crippen molar-refractivity contribution < 1.29 is 0 Å². The third-order valence-corrected chi connectivity index (χ3v) is 18.9. The number of hydrogen-bond acceptors (Lipinski definition) is 3. The fourth-order valence-corrected chi connectivity index (χ4v) is 13.5. The second-order valence-corrected chi connectivity index (χ2v) is 30.2. The van der Waals surface area contributed by atoms with Crippen LogP contribution in [0.5, 0.6) is 0 Å². The molecule has 0 aliphatic heterocycles. The maximum Gasteiger partial charge on any atom is 0.0887 e. The van der Waals surface area contributed by atoms with Crippen LogP contribution in [-0.2, 0) is 27.1 Å². The molecule has 12 aromatic rings. The maximum absolute atomic E-state index is 8.48. The second-order valence-electron chi connectivity index (χ2n) is 28.9. The Morgan fingerprint density at radius 1 is 0.279 bits per heavy atom. The van der Waals surface area contributed by atoms with Crippen molar-refractivity contribution in [3.05, 3.63) is 251 Å². The molecule has 1 heterocycles. The van der Waals surface area contributed by atoms with Crippen LogP contribution in [-0.4, -0.2) is 0 Å². The van der Waals surface area contributed by atoms with Crippen molar-refractivity contribution in [2.45, 2.75) is 131 Å². The molecule has 432 valence electrons. The summed E-state index contributed by atoms with van der Waals surface area (Å²) in [5.41, 5.74) is 18.9. The Labute approximate surface area is 520 Å². The molecule has 86 heavy (non-hydrogen) atoms. The minimum Gasteiger partial charge on any atom is -0.308 e. The molecule has 12 rings (SSSR count). The first-order valence-corrected chi connectivity index (χ1v) is 31.8. The highest BCUT2D eigenvalue weighted by molar-refractivity contribution is 7.17. The van der Waals surface area contributed by atoms with Crippen molar-refractivity contribution in [1.82, 2.24) is 0 Å². The van der Waals surface area contributed by atoms with E-state index in [1.165, 1.54) is 70.2 Å². The van der Waals surface area contributed by atoms with Crippen molar-refractivity contribution in [1.29, 1.82) is 0 Å². The van der Waals surface area contributed by atoms with Crippen molar-refractivity contribution in [3.63, 3.8) is 0 Å². The van der Waals surface area contributed by atoms with E-state index in [1.807, 2.05) is 0 Å². The molecule has 0 saturated heterocycles. The minimum absolute atomic E-state index is 0.0163. The zero-order valence-corrected chi connectivity index (χ0v) is 54.5. The van der Waals surface area contributed by atoms with Crippen LogP contribution in [0.3, 0.4) is 0 Å². The van der Waals surface area contributed by atoms with Gasteiger partial charge in [0, 0.05) is 32.4 Å². The first-order chi connectivity index (χ1) is 40.7. The zero-order valence-electron chi connectivity index (χ0n) is 53.0. The summed E-state index contributed by atoms with van der Waals surface area (Å²) in [4.78, 5) is 4.86. The van der Waals surface area contributed by atoms with Gasteiger partial charge in [-0.05, 0) is 188 Å². The second kappa shape index (κ2) is 21.8. The lowest BCUT2D eigenvalue weighted by molar-refractivity contribution is 0.590. The number of rotatable bonds is 9. The summed E-state index contributed by atoms with van der Waals surface area (Å²) < 4.78 is 1.22. The predicted molar refractivity (Wildman–Crippen MR) is 379 cm³/mol. The molecular formula is C82H81ClN2S. The van der Waals surface area contributed by atoms with Crippen LogP contribution in [0.4, 0.5) is 34.1 Å². The molecule has 0 amide bonds. The molecule has 0 aliphatic carbocycles. The Bertz CT molecular complexity index is 4410. The Balaban J connectivity index is 1.14. The van der Waals surface area contributed by atoms with Gasteiger partial charge in [0.2, 0.25) is 0 Å². The van der Waals surface area contributed by atoms with E-state index in [9.17, 15) is 0 Å². The Kier molecular flexibility index (Phi) is 14.8. The van der Waals surface area contributed by atoms with Crippen LogP contribution >= 0.6 is 22.9 Å². The highest BCUT2D eigenvalue weighted by Crippen LogP contribution is 2.53. The Morgan fingerprint density at radius 3 is 1.17 bits per heavy atom. The van der Waals surface area contributed by atoms with E-state index in [0.717, 1.165) is 67.5 Å². The summed E-state index contributed by atoms with van der Waals surface area (Å²) in [6.07, 6.45) is 0. The summed E-state index contributed by atoms with van der Waals surface area (Å²) in [6, 6.07) is 80.2. The lowest BCUT2D eigenvalue weighted by atomic mass is 9.84. The summed E-state index contributed by atoms with van der Waals surface area (Å²) in [6.45, 7) is 34.4. The van der Waals surface area contributed by atoms with Gasteiger partial charge >= 0.3 is 0 Å². The number of fused-ring (bicyclic) bond motifs is 7. The van der Waals surface area contributed by atoms with Crippen LogP contribution in [0.1, 0.15) is 132 Å². The van der Waals surface area contributed by atoms with Crippen LogP contribution < -0.4 is 9.80 Å². The topological polar surface area (TPSA) is 6.48 Å². The van der Waals surface area contributed by atoms with Gasteiger partial charge in [0.25, 0.3) is 0 Å². The van der Waals surface area contributed by atoms with E-state index >= 15 is 0 Å². The normalized spacial score (nSPS) is 12.7. The molecule has 0 saturated carbocycles. The average molecular weight is 1160 g/mol. The highest BCUT2D eigenvalue weighted by atomic mass is 35.5. The number of nitrogens with zero attached hydrogens (tertiary/aromatic N) is 2. The molecule has 2 nitrogen and oxygen atoms in total. The largest absolute Gasteiger partial charge is 0.308 e. The molecule has 0 bridgehead atoms. The van der Waals surface area contributed by atoms with Gasteiger partial charge in [-0.15, -0.1) is 11.3 Å². The number of hydrogen-bond donors (Lipinski definition) is 0. The molecular weight excluding hydrogens is 1080 g/mol. The van der Waals surface area contributed by atoms with Crippen molar-refractivity contribution >= 4 is 99.5 Å². The third kappa shape index (κ3) is 11.1. The summed E-state index contributed by atoms with van der Waals surface area (Å²) >= 11 is 10.3. The first-order valence-electron chi connectivity index (χ1n) is 30.6. The van der Waals surface area contributed by atoms with Gasteiger partial charge in [-0.2, -0.15) is 0 Å². The molecule has 0 fully saturated rings. The lowest BCUT2D eigenvalue weighted by Gasteiger charge is -2.33. The number of benzene rings is 11. The van der Waals surface area contributed by atoms with Crippen molar-refractivity contribution in [3.8, 4) is 33.4 Å². The molecule has 0 atom stereocenters. The predicted octanol–water partition coefficient (Wildman–Crippen LogP) is 25.4. The lowest BCUT2D eigenvalue weighted by Crippen LogP contribution is -2.17. The molecule has 4 heteroatoms. The van der Waals surface area contributed by atoms with E-state index in [0.29, 0.717) is 5.02 Å². The van der Waals surface area contributed by atoms with Crippen molar-refractivity contribution in [2.75, 3.05) is 9.80 Å². The summed E-state index contributed by atoms with van der Waals surface area (Å²) in [5.74, 6) is 0. The van der Waals surface area contributed by atoms with E-state index in [1.54, 1.807) is 11.3 Å².